The number of carbonyl (C=O) groups is 1. The van der Waals surface area contributed by atoms with Gasteiger partial charge in [0.2, 0.25) is 0 Å². The number of hydrogen-bond donors (Lipinski definition) is 2. The molecule has 1 aromatic carbocycles. The Hall–Kier alpha value is -1.69. The molecule has 0 saturated heterocycles. The smallest absolute Gasteiger partial charge is 0.339 e. The highest BCUT2D eigenvalue weighted by Crippen LogP contribution is 2.30. The third kappa shape index (κ3) is 2.04. The van der Waals surface area contributed by atoms with Gasteiger partial charge in [-0.1, -0.05) is 0 Å². The van der Waals surface area contributed by atoms with E-state index in [4.69, 9.17) is 5.11 Å². The molecule has 4 nitrogen and oxygen atoms in total. The standard InChI is InChI=1S/C9H8F2O4/c1-15-9(14)8(13)6-4(10)2-3-5(11)7(6)12/h2-3,8,12-13H,1H3. The predicted octanol–water partition coefficient (Wildman–Crippen LogP) is 0.877. The van der Waals surface area contributed by atoms with E-state index in [1.54, 1.807) is 0 Å². The fourth-order valence-electron chi connectivity index (χ4n) is 1.05. The molecule has 1 unspecified atom stereocenters. The van der Waals surface area contributed by atoms with E-state index in [1.807, 2.05) is 0 Å². The largest absolute Gasteiger partial charge is 0.504 e. The van der Waals surface area contributed by atoms with Gasteiger partial charge in [-0.2, -0.15) is 0 Å². The monoisotopic (exact) mass is 218 g/mol. The van der Waals surface area contributed by atoms with Gasteiger partial charge in [-0.25, -0.2) is 13.6 Å². The number of hydrogen-bond acceptors (Lipinski definition) is 4. The molecule has 0 aliphatic carbocycles. The van der Waals surface area contributed by atoms with E-state index >= 15 is 0 Å². The van der Waals surface area contributed by atoms with Crippen LogP contribution < -0.4 is 0 Å². The number of aliphatic hydroxyl groups is 1. The number of esters is 1. The van der Waals surface area contributed by atoms with Crippen molar-refractivity contribution in [2.75, 3.05) is 7.11 Å². The SMILES string of the molecule is COC(=O)C(O)c1c(F)ccc(F)c1O. The number of carbonyl (C=O) groups excluding carboxylic acids is 1. The third-order valence-electron chi connectivity index (χ3n) is 1.81. The van der Waals surface area contributed by atoms with Crippen LogP contribution in [0.3, 0.4) is 0 Å². The summed E-state index contributed by atoms with van der Waals surface area (Å²) in [4.78, 5) is 10.9. The van der Waals surface area contributed by atoms with Crippen LogP contribution in [0.5, 0.6) is 5.75 Å². The minimum atomic E-state index is -2.05. The summed E-state index contributed by atoms with van der Waals surface area (Å²) in [5.74, 6) is -4.51. The van der Waals surface area contributed by atoms with Crippen molar-refractivity contribution in [3.8, 4) is 5.75 Å². The Bertz CT molecular complexity index is 392. The van der Waals surface area contributed by atoms with Crippen molar-refractivity contribution in [2.24, 2.45) is 0 Å². The highest BCUT2D eigenvalue weighted by molar-refractivity contribution is 5.77. The summed E-state index contributed by atoms with van der Waals surface area (Å²) >= 11 is 0. The second-order valence-corrected chi connectivity index (χ2v) is 2.72. The summed E-state index contributed by atoms with van der Waals surface area (Å²) < 4.78 is 30.0. The van der Waals surface area contributed by atoms with Crippen LogP contribution in [0.1, 0.15) is 11.7 Å². The first-order valence-corrected chi connectivity index (χ1v) is 3.91. The van der Waals surface area contributed by atoms with Gasteiger partial charge in [0.1, 0.15) is 5.82 Å². The van der Waals surface area contributed by atoms with E-state index in [0.717, 1.165) is 7.11 Å². The lowest BCUT2D eigenvalue weighted by atomic mass is 10.1. The highest BCUT2D eigenvalue weighted by atomic mass is 19.1. The average Bonchev–Trinajstić information content (AvgIpc) is 2.22. The fourth-order valence-corrected chi connectivity index (χ4v) is 1.05. The number of methoxy groups -OCH3 is 1. The van der Waals surface area contributed by atoms with Crippen molar-refractivity contribution in [1.82, 2.24) is 0 Å². The summed E-state index contributed by atoms with van der Waals surface area (Å²) in [5.41, 5.74) is -0.832. The van der Waals surface area contributed by atoms with Crippen molar-refractivity contribution < 1.29 is 28.5 Å². The summed E-state index contributed by atoms with van der Waals surface area (Å²) in [7, 11) is 0.972. The Morgan fingerprint density at radius 1 is 1.40 bits per heavy atom. The Labute approximate surface area is 83.7 Å². The molecule has 2 N–H and O–H groups in total. The molecule has 0 spiro atoms. The quantitative estimate of drug-likeness (QED) is 0.723. The lowest BCUT2D eigenvalue weighted by Crippen LogP contribution is -2.15. The van der Waals surface area contributed by atoms with Crippen LogP contribution in [0, 0.1) is 11.6 Å². The second kappa shape index (κ2) is 4.22. The first kappa shape index (κ1) is 11.4. The molecule has 0 aliphatic rings. The zero-order valence-corrected chi connectivity index (χ0v) is 7.70. The number of halogens is 2. The lowest BCUT2D eigenvalue weighted by molar-refractivity contribution is -0.151. The third-order valence-corrected chi connectivity index (χ3v) is 1.81. The Morgan fingerprint density at radius 2 is 1.93 bits per heavy atom. The zero-order chi connectivity index (χ0) is 11.6. The number of phenols is 1. The molecule has 0 saturated carbocycles. The molecule has 0 amide bonds. The maximum absolute atomic E-state index is 13.1. The van der Waals surface area contributed by atoms with Gasteiger partial charge in [-0.3, -0.25) is 0 Å². The van der Waals surface area contributed by atoms with E-state index in [1.165, 1.54) is 0 Å². The summed E-state index contributed by atoms with van der Waals surface area (Å²) in [6, 6.07) is 1.37. The minimum absolute atomic E-state index is 0.679. The maximum Gasteiger partial charge on any atom is 0.339 e. The molecule has 1 atom stereocenters. The van der Waals surface area contributed by atoms with Gasteiger partial charge >= 0.3 is 5.97 Å². The molecular weight excluding hydrogens is 210 g/mol. The Morgan fingerprint density at radius 3 is 2.47 bits per heavy atom. The lowest BCUT2D eigenvalue weighted by Gasteiger charge is -2.11. The van der Waals surface area contributed by atoms with E-state index in [0.29, 0.717) is 12.1 Å². The molecule has 0 heterocycles. The van der Waals surface area contributed by atoms with Gasteiger partial charge in [-0.15, -0.1) is 0 Å². The molecule has 0 aromatic heterocycles. The summed E-state index contributed by atoms with van der Waals surface area (Å²) in [5, 5.41) is 18.3. The number of ether oxygens (including phenoxy) is 1. The van der Waals surface area contributed by atoms with Crippen LogP contribution in [0.15, 0.2) is 12.1 Å². The summed E-state index contributed by atoms with van der Waals surface area (Å²) in [6.07, 6.45) is -2.05. The number of phenolic OH excluding ortho intramolecular Hbond substituents is 1. The molecule has 0 fully saturated rings. The van der Waals surface area contributed by atoms with Crippen LogP contribution in [-0.4, -0.2) is 23.3 Å². The van der Waals surface area contributed by atoms with E-state index < -0.39 is 35.0 Å². The van der Waals surface area contributed by atoms with Crippen molar-refractivity contribution in [1.29, 1.82) is 0 Å². The highest BCUT2D eigenvalue weighted by Gasteiger charge is 2.26. The van der Waals surface area contributed by atoms with E-state index in [-0.39, 0.29) is 0 Å². The molecule has 82 valence electrons. The fraction of sp³-hybridized carbons (Fsp3) is 0.222. The van der Waals surface area contributed by atoms with Crippen molar-refractivity contribution in [2.45, 2.75) is 6.10 Å². The molecule has 6 heteroatoms. The first-order valence-electron chi connectivity index (χ1n) is 3.91. The Balaban J connectivity index is 3.24. The molecule has 0 aliphatic heterocycles. The van der Waals surface area contributed by atoms with E-state index in [2.05, 4.69) is 4.74 Å². The van der Waals surface area contributed by atoms with Gasteiger partial charge in [0.25, 0.3) is 0 Å². The van der Waals surface area contributed by atoms with Crippen LogP contribution >= 0.6 is 0 Å². The van der Waals surface area contributed by atoms with Gasteiger partial charge in [0, 0.05) is 0 Å². The maximum atomic E-state index is 13.1. The molecular formula is C9H8F2O4. The zero-order valence-electron chi connectivity index (χ0n) is 7.70. The topological polar surface area (TPSA) is 66.8 Å². The van der Waals surface area contributed by atoms with Crippen molar-refractivity contribution >= 4 is 5.97 Å². The van der Waals surface area contributed by atoms with Gasteiger partial charge in [0.15, 0.2) is 17.7 Å². The average molecular weight is 218 g/mol. The Kier molecular flexibility index (Phi) is 3.21. The number of benzene rings is 1. The van der Waals surface area contributed by atoms with E-state index in [9.17, 15) is 18.7 Å². The molecule has 15 heavy (non-hydrogen) atoms. The molecule has 0 radical (unpaired) electrons. The van der Waals surface area contributed by atoms with Gasteiger partial charge in [-0.05, 0) is 12.1 Å². The second-order valence-electron chi connectivity index (χ2n) is 2.72. The van der Waals surface area contributed by atoms with Gasteiger partial charge in [0.05, 0.1) is 12.7 Å². The predicted molar refractivity (Wildman–Crippen MR) is 45.0 cm³/mol. The first-order chi connectivity index (χ1) is 6.99. The number of aromatic hydroxyl groups is 1. The molecule has 0 bridgehead atoms. The van der Waals surface area contributed by atoms with Crippen molar-refractivity contribution in [3.05, 3.63) is 29.3 Å². The summed E-state index contributed by atoms with van der Waals surface area (Å²) in [6.45, 7) is 0. The van der Waals surface area contributed by atoms with Crippen LogP contribution in [0.25, 0.3) is 0 Å². The van der Waals surface area contributed by atoms with Gasteiger partial charge < -0.3 is 14.9 Å². The number of rotatable bonds is 2. The number of aliphatic hydroxyl groups excluding tert-OH is 1. The normalized spacial score (nSPS) is 12.3. The van der Waals surface area contributed by atoms with Crippen LogP contribution in [0.2, 0.25) is 0 Å². The molecule has 1 aromatic rings. The van der Waals surface area contributed by atoms with Crippen LogP contribution in [-0.2, 0) is 9.53 Å². The van der Waals surface area contributed by atoms with Crippen molar-refractivity contribution in [3.63, 3.8) is 0 Å². The molecule has 1 rings (SSSR count). The minimum Gasteiger partial charge on any atom is -0.504 e. The van der Waals surface area contributed by atoms with Crippen LogP contribution in [0.4, 0.5) is 8.78 Å².